The quantitative estimate of drug-likeness (QED) is 0.586. The predicted molar refractivity (Wildman–Crippen MR) is 94.5 cm³/mol. The normalized spacial score (nSPS) is 11.4. The summed E-state index contributed by atoms with van der Waals surface area (Å²) in [5.74, 6) is 0. The summed E-state index contributed by atoms with van der Waals surface area (Å²) in [7, 11) is 0. The first-order chi connectivity index (χ1) is 11.1. The lowest BCUT2D eigenvalue weighted by molar-refractivity contribution is 0.997. The van der Waals surface area contributed by atoms with E-state index in [9.17, 15) is 4.79 Å². The Bertz CT molecular complexity index is 1080. The molecule has 0 saturated carbocycles. The number of rotatable bonds is 2. The zero-order valence-corrected chi connectivity index (χ0v) is 13.4. The van der Waals surface area contributed by atoms with Crippen LogP contribution in [0.5, 0.6) is 0 Å². The number of nitrogens with zero attached hydrogens (tertiary/aromatic N) is 1. The second kappa shape index (κ2) is 5.28. The Hall–Kier alpha value is -2.52. The number of fused-ring (bicyclic) bond motifs is 3. The number of aryl methyl sites for hydroxylation is 1. The van der Waals surface area contributed by atoms with Gasteiger partial charge in [-0.25, -0.2) is 0 Å². The van der Waals surface area contributed by atoms with Gasteiger partial charge in [0.1, 0.15) is 5.52 Å². The highest BCUT2D eigenvalue weighted by Crippen LogP contribution is 2.27. The molecule has 0 bridgehead atoms. The van der Waals surface area contributed by atoms with Gasteiger partial charge in [0.15, 0.2) is 0 Å². The van der Waals surface area contributed by atoms with Crippen LogP contribution in [0.15, 0.2) is 59.5 Å². The highest BCUT2D eigenvalue weighted by atomic mass is 35.5. The van der Waals surface area contributed by atoms with E-state index < -0.39 is 0 Å². The van der Waals surface area contributed by atoms with Gasteiger partial charge >= 0.3 is 0 Å². The van der Waals surface area contributed by atoms with Crippen molar-refractivity contribution in [2.24, 2.45) is 0 Å². The van der Waals surface area contributed by atoms with Crippen LogP contribution >= 0.6 is 11.6 Å². The predicted octanol–water partition coefficient (Wildman–Crippen LogP) is 4.33. The minimum Gasteiger partial charge on any atom is -0.323 e. The van der Waals surface area contributed by atoms with E-state index in [0.717, 1.165) is 22.2 Å². The summed E-state index contributed by atoms with van der Waals surface area (Å²) < 4.78 is 1.97. The van der Waals surface area contributed by atoms with E-state index in [-0.39, 0.29) is 5.56 Å². The van der Waals surface area contributed by atoms with E-state index in [0.29, 0.717) is 17.0 Å². The molecule has 2 aromatic carbocycles. The molecule has 0 fully saturated rings. The molecule has 2 aromatic heterocycles. The first kappa shape index (κ1) is 14.1. The fourth-order valence-electron chi connectivity index (χ4n) is 3.16. The molecule has 0 spiro atoms. The number of H-pyrrole nitrogens is 1. The summed E-state index contributed by atoms with van der Waals surface area (Å²) in [5, 5.41) is 1.69. The maximum atomic E-state index is 12.6. The van der Waals surface area contributed by atoms with Crippen LogP contribution in [0, 0.1) is 6.92 Å². The first-order valence-corrected chi connectivity index (χ1v) is 7.87. The van der Waals surface area contributed by atoms with Crippen LogP contribution in [0.1, 0.15) is 16.8 Å². The Morgan fingerprint density at radius 1 is 1.13 bits per heavy atom. The van der Waals surface area contributed by atoms with Gasteiger partial charge in [0, 0.05) is 28.7 Å². The molecule has 0 unspecified atom stereocenters. The molecule has 1 N–H and O–H groups in total. The van der Waals surface area contributed by atoms with Crippen LogP contribution in [-0.4, -0.2) is 9.38 Å². The molecular formula is C19H15ClN2O. The standard InChI is InChI=1S/C19H15ClN2O/c1-12-16-10-14(20)7-8-17(16)22-11-15(21-19(23)18(12)22)9-13-5-3-2-4-6-13/h2-8,10-11H,9H2,1H3,(H,21,23). The SMILES string of the molecule is Cc1c2cc(Cl)ccc2n2cc(Cc3ccccc3)[nH]c(=O)c12. The second-order valence-electron chi connectivity index (χ2n) is 5.78. The fourth-order valence-corrected chi connectivity index (χ4v) is 3.33. The maximum Gasteiger partial charge on any atom is 0.272 e. The van der Waals surface area contributed by atoms with E-state index in [4.69, 9.17) is 11.6 Å². The van der Waals surface area contributed by atoms with Crippen molar-refractivity contribution in [2.75, 3.05) is 0 Å². The molecule has 0 amide bonds. The fraction of sp³-hybridized carbons (Fsp3) is 0.105. The van der Waals surface area contributed by atoms with E-state index in [1.54, 1.807) is 0 Å². The van der Waals surface area contributed by atoms with Crippen molar-refractivity contribution in [1.29, 1.82) is 0 Å². The number of hydrogen-bond acceptors (Lipinski definition) is 1. The van der Waals surface area contributed by atoms with Crippen molar-refractivity contribution in [3.8, 4) is 0 Å². The van der Waals surface area contributed by atoms with Gasteiger partial charge in [0.25, 0.3) is 5.56 Å². The van der Waals surface area contributed by atoms with Crippen molar-refractivity contribution >= 4 is 28.0 Å². The summed E-state index contributed by atoms with van der Waals surface area (Å²) in [5.41, 5.74) is 4.62. The third-order valence-corrected chi connectivity index (χ3v) is 4.46. The van der Waals surface area contributed by atoms with Crippen molar-refractivity contribution in [1.82, 2.24) is 9.38 Å². The topological polar surface area (TPSA) is 37.3 Å². The van der Waals surface area contributed by atoms with Gasteiger partial charge < -0.3 is 9.38 Å². The van der Waals surface area contributed by atoms with Crippen LogP contribution < -0.4 is 5.56 Å². The molecule has 0 atom stereocenters. The Morgan fingerprint density at radius 2 is 1.91 bits per heavy atom. The number of nitrogens with one attached hydrogen (secondary N) is 1. The van der Waals surface area contributed by atoms with Gasteiger partial charge in [-0.1, -0.05) is 41.9 Å². The average Bonchev–Trinajstić information content (AvgIpc) is 2.81. The summed E-state index contributed by atoms with van der Waals surface area (Å²) in [4.78, 5) is 15.6. The lowest BCUT2D eigenvalue weighted by atomic mass is 10.1. The number of aromatic amines is 1. The molecule has 0 saturated heterocycles. The van der Waals surface area contributed by atoms with Crippen LogP contribution in [0.4, 0.5) is 0 Å². The minimum atomic E-state index is -0.0664. The number of halogens is 1. The molecular weight excluding hydrogens is 308 g/mol. The molecule has 4 aromatic rings. The van der Waals surface area contributed by atoms with Crippen molar-refractivity contribution in [2.45, 2.75) is 13.3 Å². The Morgan fingerprint density at radius 3 is 2.70 bits per heavy atom. The van der Waals surface area contributed by atoms with E-state index in [1.807, 2.05) is 53.9 Å². The van der Waals surface area contributed by atoms with Gasteiger partial charge in [0.2, 0.25) is 0 Å². The molecule has 4 rings (SSSR count). The summed E-state index contributed by atoms with van der Waals surface area (Å²) in [6, 6.07) is 15.8. The number of benzene rings is 2. The number of aromatic nitrogens is 2. The van der Waals surface area contributed by atoms with Crippen molar-refractivity contribution in [3.63, 3.8) is 0 Å². The molecule has 0 aliphatic rings. The lowest BCUT2D eigenvalue weighted by Gasteiger charge is -2.04. The van der Waals surface area contributed by atoms with Gasteiger partial charge in [-0.15, -0.1) is 0 Å². The molecule has 23 heavy (non-hydrogen) atoms. The van der Waals surface area contributed by atoms with Gasteiger partial charge in [0.05, 0.1) is 5.52 Å². The van der Waals surface area contributed by atoms with Crippen LogP contribution in [0.3, 0.4) is 0 Å². The van der Waals surface area contributed by atoms with Crippen LogP contribution in [0.2, 0.25) is 5.02 Å². The summed E-state index contributed by atoms with van der Waals surface area (Å²) in [6.45, 7) is 1.96. The lowest BCUT2D eigenvalue weighted by Crippen LogP contribution is -2.13. The molecule has 2 heterocycles. The molecule has 4 heteroatoms. The summed E-state index contributed by atoms with van der Waals surface area (Å²) >= 11 is 6.10. The van der Waals surface area contributed by atoms with Crippen LogP contribution in [-0.2, 0) is 6.42 Å². The molecule has 0 aliphatic heterocycles. The Kier molecular flexibility index (Phi) is 3.24. The van der Waals surface area contributed by atoms with E-state index >= 15 is 0 Å². The largest absolute Gasteiger partial charge is 0.323 e. The molecule has 0 aliphatic carbocycles. The van der Waals surface area contributed by atoms with Gasteiger partial charge in [-0.3, -0.25) is 4.79 Å². The van der Waals surface area contributed by atoms with E-state index in [1.165, 1.54) is 5.56 Å². The monoisotopic (exact) mass is 322 g/mol. The highest BCUT2D eigenvalue weighted by molar-refractivity contribution is 6.31. The first-order valence-electron chi connectivity index (χ1n) is 7.49. The van der Waals surface area contributed by atoms with Crippen LogP contribution in [0.25, 0.3) is 16.4 Å². The Balaban J connectivity index is 1.96. The molecule has 114 valence electrons. The van der Waals surface area contributed by atoms with Crippen molar-refractivity contribution in [3.05, 3.63) is 86.9 Å². The maximum absolute atomic E-state index is 12.6. The third kappa shape index (κ3) is 2.34. The van der Waals surface area contributed by atoms with Crippen molar-refractivity contribution < 1.29 is 0 Å². The number of hydrogen-bond donors (Lipinski definition) is 1. The highest BCUT2D eigenvalue weighted by Gasteiger charge is 2.13. The van der Waals surface area contributed by atoms with E-state index in [2.05, 4.69) is 17.1 Å². The second-order valence-corrected chi connectivity index (χ2v) is 6.21. The third-order valence-electron chi connectivity index (χ3n) is 4.23. The smallest absolute Gasteiger partial charge is 0.272 e. The average molecular weight is 323 g/mol. The molecule has 3 nitrogen and oxygen atoms in total. The minimum absolute atomic E-state index is 0.0664. The molecule has 0 radical (unpaired) electrons. The van der Waals surface area contributed by atoms with Gasteiger partial charge in [-0.2, -0.15) is 0 Å². The Labute approximate surface area is 138 Å². The zero-order valence-electron chi connectivity index (χ0n) is 12.6. The zero-order chi connectivity index (χ0) is 16.0. The van der Waals surface area contributed by atoms with Gasteiger partial charge in [-0.05, 0) is 36.2 Å². The summed E-state index contributed by atoms with van der Waals surface area (Å²) in [6.07, 6.45) is 2.70.